The molecule has 0 spiro atoms. The number of hydrogen-bond donors (Lipinski definition) is 0. The van der Waals surface area contributed by atoms with Gasteiger partial charge in [0.1, 0.15) is 5.75 Å². The van der Waals surface area contributed by atoms with Crippen LogP contribution in [0.1, 0.15) is 0 Å². The Bertz CT molecular complexity index is 303. The van der Waals surface area contributed by atoms with Crippen molar-refractivity contribution in [3.05, 3.63) is 33.7 Å². The first kappa shape index (κ1) is 10.1. The lowest BCUT2D eigenvalue weighted by Gasteiger charge is -2.01. The Balaban J connectivity index is 1.65. The molecule has 0 saturated carbocycles. The average Bonchev–Trinajstić information content (AvgIpc) is 2.86. The Kier molecular flexibility index (Phi) is 3.91. The minimum absolute atomic E-state index is 0.775. The van der Waals surface area contributed by atoms with Crippen LogP contribution in [-0.4, -0.2) is 12.4 Å². The van der Waals surface area contributed by atoms with Gasteiger partial charge in [-0.15, -0.1) is 23.1 Å². The summed E-state index contributed by atoms with van der Waals surface area (Å²) in [6.07, 6.45) is 0. The second-order valence-corrected chi connectivity index (χ2v) is 5.34. The summed E-state index contributed by atoms with van der Waals surface area (Å²) in [6, 6.07) is 4.14. The van der Waals surface area contributed by atoms with Gasteiger partial charge < -0.3 is 4.74 Å². The molecule has 2 rings (SSSR count). The van der Waals surface area contributed by atoms with Crippen LogP contribution in [0, 0.1) is 0 Å². The van der Waals surface area contributed by atoms with Crippen LogP contribution in [-0.2, 0) is 0 Å². The molecule has 1 nitrogen and oxygen atoms in total. The van der Waals surface area contributed by atoms with E-state index in [0.717, 1.165) is 18.1 Å². The van der Waals surface area contributed by atoms with Crippen molar-refractivity contribution in [1.29, 1.82) is 0 Å². The van der Waals surface area contributed by atoms with Crippen LogP contribution in [0.5, 0.6) is 5.75 Å². The van der Waals surface area contributed by atoms with Gasteiger partial charge in [0.2, 0.25) is 0 Å². The second-order valence-electron chi connectivity index (χ2n) is 2.62. The van der Waals surface area contributed by atoms with Crippen molar-refractivity contribution < 1.29 is 4.74 Å². The second kappa shape index (κ2) is 5.44. The molecule has 0 saturated heterocycles. The normalized spacial score (nSPS) is 10.3. The predicted molar refractivity (Wildman–Crippen MR) is 64.9 cm³/mol. The molecule has 0 aliphatic rings. The number of ether oxygens (including phenoxy) is 1. The Hall–Kier alpha value is -0.450. The number of hydrogen-bond acceptors (Lipinski definition) is 4. The van der Waals surface area contributed by atoms with E-state index in [1.165, 1.54) is 4.90 Å². The first-order valence-electron chi connectivity index (χ1n) is 4.25. The quantitative estimate of drug-likeness (QED) is 0.579. The number of thiophene rings is 2. The predicted octanol–water partition coefficient (Wildman–Crippen LogP) is 3.98. The van der Waals surface area contributed by atoms with Crippen LogP contribution >= 0.6 is 34.4 Å². The van der Waals surface area contributed by atoms with Crippen LogP contribution < -0.4 is 4.74 Å². The third-order valence-electron chi connectivity index (χ3n) is 1.61. The third kappa shape index (κ3) is 3.04. The molecule has 0 atom stereocenters. The molecule has 0 aromatic carbocycles. The molecule has 0 fully saturated rings. The lowest BCUT2D eigenvalue weighted by atomic mass is 10.6. The fourth-order valence-corrected chi connectivity index (χ4v) is 3.17. The van der Waals surface area contributed by atoms with E-state index in [2.05, 4.69) is 16.8 Å². The van der Waals surface area contributed by atoms with Crippen molar-refractivity contribution in [1.82, 2.24) is 0 Å². The van der Waals surface area contributed by atoms with E-state index in [4.69, 9.17) is 4.74 Å². The molecule has 0 unspecified atom stereocenters. The van der Waals surface area contributed by atoms with Gasteiger partial charge in [-0.2, -0.15) is 11.3 Å². The molecule has 4 heteroatoms. The van der Waals surface area contributed by atoms with Crippen molar-refractivity contribution in [2.75, 3.05) is 12.4 Å². The van der Waals surface area contributed by atoms with Crippen molar-refractivity contribution >= 4 is 34.4 Å². The van der Waals surface area contributed by atoms with E-state index in [1.54, 1.807) is 22.7 Å². The van der Waals surface area contributed by atoms with Gasteiger partial charge in [0.25, 0.3) is 0 Å². The van der Waals surface area contributed by atoms with Crippen LogP contribution in [0.15, 0.2) is 38.5 Å². The van der Waals surface area contributed by atoms with Crippen LogP contribution in [0.3, 0.4) is 0 Å². The molecule has 0 aliphatic carbocycles. The maximum atomic E-state index is 5.54. The molecule has 0 aliphatic heterocycles. The third-order valence-corrected chi connectivity index (χ3v) is 4.06. The largest absolute Gasteiger partial charge is 0.492 e. The van der Waals surface area contributed by atoms with Crippen molar-refractivity contribution in [2.45, 2.75) is 4.90 Å². The first-order chi connectivity index (χ1) is 6.95. The average molecular weight is 242 g/mol. The minimum atomic E-state index is 0.775. The molecule has 74 valence electrons. The van der Waals surface area contributed by atoms with Gasteiger partial charge in [0.05, 0.1) is 6.61 Å². The molecule has 0 amide bonds. The van der Waals surface area contributed by atoms with Crippen molar-refractivity contribution in [3.8, 4) is 5.75 Å². The summed E-state index contributed by atoms with van der Waals surface area (Å²) in [5, 5.41) is 8.31. The fourth-order valence-electron chi connectivity index (χ4n) is 0.987. The summed E-state index contributed by atoms with van der Waals surface area (Å²) in [6.45, 7) is 0.775. The van der Waals surface area contributed by atoms with Gasteiger partial charge >= 0.3 is 0 Å². The Morgan fingerprint density at radius 2 is 2.00 bits per heavy atom. The van der Waals surface area contributed by atoms with E-state index in [0.29, 0.717) is 0 Å². The summed E-state index contributed by atoms with van der Waals surface area (Å²) in [7, 11) is 0. The highest BCUT2D eigenvalue weighted by Gasteiger charge is 1.95. The molecular formula is C10H10OS3. The molecule has 0 N–H and O–H groups in total. The monoisotopic (exact) mass is 242 g/mol. The Morgan fingerprint density at radius 3 is 2.71 bits per heavy atom. The zero-order valence-corrected chi connectivity index (χ0v) is 9.96. The minimum Gasteiger partial charge on any atom is -0.492 e. The van der Waals surface area contributed by atoms with Gasteiger partial charge in [-0.05, 0) is 22.9 Å². The Labute approximate surface area is 95.7 Å². The van der Waals surface area contributed by atoms with Crippen molar-refractivity contribution in [2.24, 2.45) is 0 Å². The van der Waals surface area contributed by atoms with Crippen molar-refractivity contribution in [3.63, 3.8) is 0 Å². The van der Waals surface area contributed by atoms with Gasteiger partial charge in [-0.1, -0.05) is 0 Å². The van der Waals surface area contributed by atoms with E-state index in [9.17, 15) is 0 Å². The van der Waals surface area contributed by atoms with Crippen LogP contribution in [0.2, 0.25) is 0 Å². The van der Waals surface area contributed by atoms with E-state index >= 15 is 0 Å². The highest BCUT2D eigenvalue weighted by Crippen LogP contribution is 2.21. The van der Waals surface area contributed by atoms with Gasteiger partial charge in [0, 0.05) is 21.4 Å². The van der Waals surface area contributed by atoms with E-state index in [-0.39, 0.29) is 0 Å². The standard InChI is InChI=1S/C10H10OS3/c1-4-12-7-9(1)11-3-6-14-10-2-5-13-8-10/h1-2,4-5,7-8H,3,6H2. The summed E-state index contributed by atoms with van der Waals surface area (Å²) < 4.78 is 5.54. The zero-order valence-electron chi connectivity index (χ0n) is 7.51. The Morgan fingerprint density at radius 1 is 1.14 bits per heavy atom. The summed E-state index contributed by atoms with van der Waals surface area (Å²) in [5.41, 5.74) is 0. The molecule has 0 radical (unpaired) electrons. The molecule has 14 heavy (non-hydrogen) atoms. The maximum absolute atomic E-state index is 5.54. The van der Waals surface area contributed by atoms with Gasteiger partial charge in [0.15, 0.2) is 0 Å². The van der Waals surface area contributed by atoms with E-state index in [1.807, 2.05) is 28.6 Å². The summed E-state index contributed by atoms with van der Waals surface area (Å²) in [5.74, 6) is 1.99. The van der Waals surface area contributed by atoms with Gasteiger partial charge in [-0.3, -0.25) is 0 Å². The topological polar surface area (TPSA) is 9.23 Å². The number of rotatable bonds is 5. The molecule has 2 heterocycles. The molecular weight excluding hydrogens is 232 g/mol. The molecule has 0 bridgehead atoms. The fraction of sp³-hybridized carbons (Fsp3) is 0.200. The maximum Gasteiger partial charge on any atom is 0.130 e. The first-order valence-corrected chi connectivity index (χ1v) is 7.12. The van der Waals surface area contributed by atoms with Gasteiger partial charge in [-0.25, -0.2) is 0 Å². The summed E-state index contributed by atoms with van der Waals surface area (Å²) >= 11 is 5.24. The molecule has 2 aromatic heterocycles. The lowest BCUT2D eigenvalue weighted by molar-refractivity contribution is 0.345. The lowest BCUT2D eigenvalue weighted by Crippen LogP contribution is -1.98. The van der Waals surface area contributed by atoms with Crippen LogP contribution in [0.4, 0.5) is 0 Å². The SMILES string of the molecule is c1cc(OCCSc2ccsc2)cs1. The van der Waals surface area contributed by atoms with Crippen LogP contribution in [0.25, 0.3) is 0 Å². The number of thioether (sulfide) groups is 1. The highest BCUT2D eigenvalue weighted by atomic mass is 32.2. The zero-order chi connectivity index (χ0) is 9.64. The smallest absolute Gasteiger partial charge is 0.130 e. The highest BCUT2D eigenvalue weighted by molar-refractivity contribution is 7.99. The summed E-state index contributed by atoms with van der Waals surface area (Å²) in [4.78, 5) is 1.34. The molecule has 2 aromatic rings. The van der Waals surface area contributed by atoms with E-state index < -0.39 is 0 Å².